The van der Waals surface area contributed by atoms with Gasteiger partial charge in [-0.3, -0.25) is 4.79 Å². The summed E-state index contributed by atoms with van der Waals surface area (Å²) in [6.45, 7) is 0. The molecule has 0 fully saturated rings. The highest BCUT2D eigenvalue weighted by atomic mass is 32.1. The summed E-state index contributed by atoms with van der Waals surface area (Å²) in [5, 5.41) is 2.67. The lowest BCUT2D eigenvalue weighted by molar-refractivity contribution is -0.133. The zero-order valence-corrected chi connectivity index (χ0v) is 14.7. The number of nitrogens with zero attached hydrogens (tertiary/aromatic N) is 1. The van der Waals surface area contributed by atoms with Crippen molar-refractivity contribution in [3.8, 4) is 27.8 Å². The average molecular weight is 355 g/mol. The molecule has 6 heteroatoms. The Hall–Kier alpha value is -2.86. The van der Waals surface area contributed by atoms with Crippen LogP contribution in [0.25, 0.3) is 10.6 Å². The molecule has 0 spiro atoms. The lowest BCUT2D eigenvalue weighted by atomic mass is 10.2. The predicted molar refractivity (Wildman–Crippen MR) is 96.4 cm³/mol. The van der Waals surface area contributed by atoms with E-state index in [0.717, 1.165) is 10.6 Å². The molecule has 1 aromatic heterocycles. The summed E-state index contributed by atoms with van der Waals surface area (Å²) in [6.07, 6.45) is 0.124. The molecule has 0 bridgehead atoms. The molecular weight excluding hydrogens is 338 g/mol. The zero-order chi connectivity index (χ0) is 17.6. The summed E-state index contributed by atoms with van der Waals surface area (Å²) in [4.78, 5) is 16.5. The highest BCUT2D eigenvalue weighted by molar-refractivity contribution is 7.13. The van der Waals surface area contributed by atoms with Gasteiger partial charge in [-0.25, -0.2) is 4.98 Å². The number of hydrogen-bond donors (Lipinski definition) is 0. The first kappa shape index (κ1) is 17.0. The Labute approximate surface area is 149 Å². The Morgan fingerprint density at radius 1 is 1.04 bits per heavy atom. The lowest BCUT2D eigenvalue weighted by Crippen LogP contribution is -2.11. The van der Waals surface area contributed by atoms with Crippen molar-refractivity contribution in [2.75, 3.05) is 14.2 Å². The first-order valence-corrected chi connectivity index (χ1v) is 8.50. The number of carbonyl (C=O) groups excluding carboxylic acids is 1. The van der Waals surface area contributed by atoms with Crippen molar-refractivity contribution in [2.24, 2.45) is 0 Å². The molecule has 2 aromatic carbocycles. The van der Waals surface area contributed by atoms with Gasteiger partial charge in [0.2, 0.25) is 0 Å². The second kappa shape index (κ2) is 7.81. The minimum Gasteiger partial charge on any atom is -0.493 e. The molecule has 0 N–H and O–H groups in total. The molecule has 0 saturated heterocycles. The van der Waals surface area contributed by atoms with Gasteiger partial charge in [0.05, 0.1) is 26.3 Å². The van der Waals surface area contributed by atoms with Crippen LogP contribution < -0.4 is 14.2 Å². The van der Waals surface area contributed by atoms with Crippen LogP contribution in [0.15, 0.2) is 53.9 Å². The largest absolute Gasteiger partial charge is 0.493 e. The van der Waals surface area contributed by atoms with Crippen LogP contribution in [0.4, 0.5) is 0 Å². The van der Waals surface area contributed by atoms with E-state index in [1.54, 1.807) is 26.4 Å². The van der Waals surface area contributed by atoms with Crippen molar-refractivity contribution in [1.29, 1.82) is 0 Å². The van der Waals surface area contributed by atoms with E-state index in [-0.39, 0.29) is 12.4 Å². The van der Waals surface area contributed by atoms with Crippen molar-refractivity contribution < 1.29 is 19.0 Å². The van der Waals surface area contributed by atoms with Crippen molar-refractivity contribution >= 4 is 17.3 Å². The van der Waals surface area contributed by atoms with Crippen LogP contribution in [0.2, 0.25) is 0 Å². The van der Waals surface area contributed by atoms with Crippen LogP contribution >= 0.6 is 11.3 Å². The number of esters is 1. The number of benzene rings is 2. The van der Waals surface area contributed by atoms with E-state index in [2.05, 4.69) is 4.98 Å². The fraction of sp³-hybridized carbons (Fsp3) is 0.158. The maximum absolute atomic E-state index is 12.0. The van der Waals surface area contributed by atoms with Crippen LogP contribution in [0.1, 0.15) is 5.69 Å². The average Bonchev–Trinajstić information content (AvgIpc) is 3.10. The van der Waals surface area contributed by atoms with Crippen LogP contribution in [0, 0.1) is 0 Å². The van der Waals surface area contributed by atoms with Crippen LogP contribution in [0.3, 0.4) is 0 Å². The summed E-state index contributed by atoms with van der Waals surface area (Å²) in [6, 6.07) is 14.6. The van der Waals surface area contributed by atoms with Gasteiger partial charge in [0, 0.05) is 10.9 Å². The number of ether oxygens (including phenoxy) is 3. The number of aromatic nitrogens is 1. The van der Waals surface area contributed by atoms with E-state index < -0.39 is 0 Å². The van der Waals surface area contributed by atoms with Crippen molar-refractivity contribution in [2.45, 2.75) is 6.42 Å². The van der Waals surface area contributed by atoms with Gasteiger partial charge in [0.15, 0.2) is 11.5 Å². The molecule has 25 heavy (non-hydrogen) atoms. The fourth-order valence-corrected chi connectivity index (χ4v) is 3.11. The Morgan fingerprint density at radius 3 is 2.52 bits per heavy atom. The van der Waals surface area contributed by atoms with Gasteiger partial charge >= 0.3 is 5.97 Å². The molecule has 0 amide bonds. The molecule has 0 aliphatic heterocycles. The van der Waals surface area contributed by atoms with Gasteiger partial charge < -0.3 is 14.2 Å². The van der Waals surface area contributed by atoms with E-state index in [0.29, 0.717) is 22.9 Å². The third kappa shape index (κ3) is 4.16. The maximum Gasteiger partial charge on any atom is 0.317 e. The van der Waals surface area contributed by atoms with E-state index >= 15 is 0 Å². The SMILES string of the molecule is COc1ccc(-c2nc(CC(=O)Oc3ccccc3)cs2)cc1OC. The van der Waals surface area contributed by atoms with Crippen molar-refractivity contribution in [1.82, 2.24) is 4.98 Å². The summed E-state index contributed by atoms with van der Waals surface area (Å²) in [5.74, 6) is 1.49. The number of methoxy groups -OCH3 is 2. The second-order valence-electron chi connectivity index (χ2n) is 5.18. The van der Waals surface area contributed by atoms with Crippen molar-refractivity contribution in [3.05, 3.63) is 59.6 Å². The lowest BCUT2D eigenvalue weighted by Gasteiger charge is -2.08. The van der Waals surface area contributed by atoms with Gasteiger partial charge in [-0.05, 0) is 30.3 Å². The molecule has 0 radical (unpaired) electrons. The standard InChI is InChI=1S/C19H17NO4S/c1-22-16-9-8-13(10-17(16)23-2)19-20-14(12-25-19)11-18(21)24-15-6-4-3-5-7-15/h3-10,12H,11H2,1-2H3. The second-order valence-corrected chi connectivity index (χ2v) is 6.04. The molecule has 3 aromatic rings. The fourth-order valence-electron chi connectivity index (χ4n) is 2.29. The Morgan fingerprint density at radius 2 is 1.80 bits per heavy atom. The van der Waals surface area contributed by atoms with Crippen molar-refractivity contribution in [3.63, 3.8) is 0 Å². The predicted octanol–water partition coefficient (Wildman–Crippen LogP) is 3.98. The van der Waals surface area contributed by atoms with E-state index in [9.17, 15) is 4.79 Å². The van der Waals surface area contributed by atoms with Gasteiger partial charge in [0.1, 0.15) is 10.8 Å². The van der Waals surface area contributed by atoms with Gasteiger partial charge in [-0.1, -0.05) is 18.2 Å². The zero-order valence-electron chi connectivity index (χ0n) is 13.9. The minimum absolute atomic E-state index is 0.124. The third-order valence-corrected chi connectivity index (χ3v) is 4.42. The molecule has 0 unspecified atom stereocenters. The Balaban J connectivity index is 1.71. The maximum atomic E-state index is 12.0. The number of rotatable bonds is 6. The van der Waals surface area contributed by atoms with Crippen LogP contribution in [0.5, 0.6) is 17.2 Å². The molecule has 5 nitrogen and oxygen atoms in total. The number of hydrogen-bond acceptors (Lipinski definition) is 6. The van der Waals surface area contributed by atoms with Gasteiger partial charge in [0.25, 0.3) is 0 Å². The molecule has 1 heterocycles. The summed E-state index contributed by atoms with van der Waals surface area (Å²) in [7, 11) is 3.19. The highest BCUT2D eigenvalue weighted by Crippen LogP contribution is 2.33. The first-order chi connectivity index (χ1) is 12.2. The highest BCUT2D eigenvalue weighted by Gasteiger charge is 2.13. The van der Waals surface area contributed by atoms with Gasteiger partial charge in [-0.2, -0.15) is 0 Å². The molecule has 0 aliphatic rings. The Bertz CT molecular complexity index is 861. The van der Waals surface area contributed by atoms with E-state index in [1.165, 1.54) is 11.3 Å². The number of para-hydroxylation sites is 1. The molecular formula is C19H17NO4S. The molecule has 3 rings (SSSR count). The summed E-state index contributed by atoms with van der Waals surface area (Å²) in [5.41, 5.74) is 1.58. The first-order valence-electron chi connectivity index (χ1n) is 7.62. The Kier molecular flexibility index (Phi) is 5.30. The van der Waals surface area contributed by atoms with Gasteiger partial charge in [-0.15, -0.1) is 11.3 Å². The quantitative estimate of drug-likeness (QED) is 0.494. The topological polar surface area (TPSA) is 57.7 Å². The molecule has 128 valence electrons. The summed E-state index contributed by atoms with van der Waals surface area (Å²) < 4.78 is 15.8. The third-order valence-electron chi connectivity index (χ3n) is 3.48. The van der Waals surface area contributed by atoms with Crippen LogP contribution in [-0.2, 0) is 11.2 Å². The number of thiazole rings is 1. The minimum atomic E-state index is -0.338. The molecule has 0 aliphatic carbocycles. The van der Waals surface area contributed by atoms with E-state index in [1.807, 2.05) is 41.8 Å². The summed E-state index contributed by atoms with van der Waals surface area (Å²) >= 11 is 1.47. The molecule has 0 atom stereocenters. The van der Waals surface area contributed by atoms with Crippen LogP contribution in [-0.4, -0.2) is 25.2 Å². The normalized spacial score (nSPS) is 10.3. The monoisotopic (exact) mass is 355 g/mol. The molecule has 0 saturated carbocycles. The smallest absolute Gasteiger partial charge is 0.317 e. The number of carbonyl (C=O) groups is 1. The van der Waals surface area contributed by atoms with E-state index in [4.69, 9.17) is 14.2 Å².